The highest BCUT2D eigenvalue weighted by Crippen LogP contribution is 2.24. The second-order valence-electron chi connectivity index (χ2n) is 7.44. The summed E-state index contributed by atoms with van der Waals surface area (Å²) in [7, 11) is 0. The third-order valence-corrected chi connectivity index (χ3v) is 5.39. The Morgan fingerprint density at radius 1 is 1.03 bits per heavy atom. The average molecular weight is 407 g/mol. The van der Waals surface area contributed by atoms with Crippen LogP contribution in [0.4, 0.5) is 8.78 Å². The maximum absolute atomic E-state index is 13.5. The summed E-state index contributed by atoms with van der Waals surface area (Å²) in [5.74, 6) is -1.92. The van der Waals surface area contributed by atoms with Crippen molar-refractivity contribution in [1.29, 1.82) is 0 Å². The molecule has 1 heterocycles. The fraction of sp³-hybridized carbons (Fsp3) is 0.250. The van der Waals surface area contributed by atoms with Gasteiger partial charge in [0.25, 0.3) is 5.91 Å². The molecule has 30 heavy (non-hydrogen) atoms. The highest BCUT2D eigenvalue weighted by molar-refractivity contribution is 5.93. The largest absolute Gasteiger partial charge is 0.350 e. The van der Waals surface area contributed by atoms with Crippen molar-refractivity contribution in [3.8, 4) is 16.8 Å². The molecule has 1 amide bonds. The fourth-order valence-corrected chi connectivity index (χ4v) is 3.72. The van der Waals surface area contributed by atoms with Gasteiger partial charge in [0, 0.05) is 12.2 Å². The van der Waals surface area contributed by atoms with E-state index >= 15 is 0 Å². The lowest BCUT2D eigenvalue weighted by molar-refractivity contribution is 0.0947. The first-order valence-electron chi connectivity index (χ1n) is 10.2. The molecule has 1 aliphatic rings. The van der Waals surface area contributed by atoms with Crippen LogP contribution >= 0.6 is 0 Å². The van der Waals surface area contributed by atoms with Crippen LogP contribution in [-0.2, 0) is 0 Å². The lowest BCUT2D eigenvalue weighted by atomic mass is 9.97. The first-order chi connectivity index (χ1) is 14.6. The van der Waals surface area contributed by atoms with Gasteiger partial charge in [-0.05, 0) is 67.5 Å². The Labute approximate surface area is 174 Å². The molecule has 154 valence electrons. The number of nitrogens with one attached hydrogen (secondary N) is 1. The summed E-state index contributed by atoms with van der Waals surface area (Å²) in [6.07, 6.45) is 11.0. The minimum Gasteiger partial charge on any atom is -0.350 e. The molecule has 2 aromatic carbocycles. The Morgan fingerprint density at radius 2 is 1.83 bits per heavy atom. The number of carbonyl (C=O) groups is 1. The number of allylic oxidation sites excluding steroid dienone is 1. The summed E-state index contributed by atoms with van der Waals surface area (Å²) < 4.78 is 28.4. The fourth-order valence-electron chi connectivity index (χ4n) is 3.72. The summed E-state index contributed by atoms with van der Waals surface area (Å²) in [6, 6.07) is 11.1. The predicted octanol–water partition coefficient (Wildman–Crippen LogP) is 5.44. The van der Waals surface area contributed by atoms with Crippen molar-refractivity contribution < 1.29 is 13.6 Å². The van der Waals surface area contributed by atoms with Crippen molar-refractivity contribution in [2.75, 3.05) is 6.54 Å². The van der Waals surface area contributed by atoms with Crippen LogP contribution < -0.4 is 5.32 Å². The van der Waals surface area contributed by atoms with E-state index in [1.807, 2.05) is 12.1 Å². The number of benzene rings is 2. The molecule has 4 nitrogen and oxygen atoms in total. The van der Waals surface area contributed by atoms with Gasteiger partial charge in [0.15, 0.2) is 11.6 Å². The van der Waals surface area contributed by atoms with Crippen LogP contribution in [0.15, 0.2) is 66.6 Å². The van der Waals surface area contributed by atoms with Crippen molar-refractivity contribution in [2.45, 2.75) is 32.1 Å². The van der Waals surface area contributed by atoms with E-state index < -0.39 is 11.6 Å². The van der Waals surface area contributed by atoms with Crippen molar-refractivity contribution >= 4 is 5.91 Å². The second kappa shape index (κ2) is 9.03. The topological polar surface area (TPSA) is 46.9 Å². The highest BCUT2D eigenvalue weighted by Gasteiger charge is 2.14. The smallest absolute Gasteiger partial charge is 0.269 e. The number of carbonyl (C=O) groups excluding carboxylic acids is 1. The van der Waals surface area contributed by atoms with E-state index in [1.165, 1.54) is 30.5 Å². The monoisotopic (exact) mass is 407 g/mol. The number of amides is 1. The van der Waals surface area contributed by atoms with Gasteiger partial charge < -0.3 is 5.32 Å². The minimum absolute atomic E-state index is 0.173. The molecule has 0 radical (unpaired) electrons. The number of imidazole rings is 1. The number of hydrogen-bond donors (Lipinski definition) is 1. The van der Waals surface area contributed by atoms with E-state index in [0.717, 1.165) is 36.6 Å². The molecular formula is C24H23F2N3O. The van der Waals surface area contributed by atoms with E-state index in [-0.39, 0.29) is 5.91 Å². The number of rotatable bonds is 6. The first-order valence-corrected chi connectivity index (χ1v) is 10.2. The van der Waals surface area contributed by atoms with Gasteiger partial charge in [-0.2, -0.15) is 0 Å². The molecule has 0 unspecified atom stereocenters. The van der Waals surface area contributed by atoms with Gasteiger partial charge in [-0.15, -0.1) is 0 Å². The van der Waals surface area contributed by atoms with E-state index in [4.69, 9.17) is 0 Å². The number of halogens is 2. The molecule has 0 bridgehead atoms. The van der Waals surface area contributed by atoms with Crippen molar-refractivity contribution in [3.05, 3.63) is 84.0 Å². The molecule has 0 aliphatic heterocycles. The van der Waals surface area contributed by atoms with E-state index in [0.29, 0.717) is 17.8 Å². The van der Waals surface area contributed by atoms with Crippen LogP contribution in [0.3, 0.4) is 0 Å². The van der Waals surface area contributed by atoms with Crippen LogP contribution in [0.1, 0.15) is 42.6 Å². The Bertz CT molecular complexity index is 1070. The lowest BCUT2D eigenvalue weighted by Gasteiger charge is -2.13. The van der Waals surface area contributed by atoms with Crippen LogP contribution in [0.2, 0.25) is 0 Å². The van der Waals surface area contributed by atoms with Gasteiger partial charge in [-0.25, -0.2) is 13.8 Å². The third kappa shape index (κ3) is 4.48. The van der Waals surface area contributed by atoms with E-state index in [2.05, 4.69) is 16.4 Å². The van der Waals surface area contributed by atoms with Crippen LogP contribution in [0.25, 0.3) is 16.8 Å². The molecule has 0 spiro atoms. The SMILES string of the molecule is O=C(NCCC1=CCCCC1)c1cncn1-c1ccc(-c2ccc(F)c(F)c2)cc1. The maximum atomic E-state index is 13.5. The lowest BCUT2D eigenvalue weighted by Crippen LogP contribution is -2.26. The van der Waals surface area contributed by atoms with Crippen molar-refractivity contribution in [1.82, 2.24) is 14.9 Å². The van der Waals surface area contributed by atoms with Crippen LogP contribution in [0, 0.1) is 11.6 Å². The summed E-state index contributed by atoms with van der Waals surface area (Å²) in [5.41, 5.74) is 3.97. The van der Waals surface area contributed by atoms with Gasteiger partial charge in [0.05, 0.1) is 12.5 Å². The average Bonchev–Trinajstić information content (AvgIpc) is 3.27. The van der Waals surface area contributed by atoms with E-state index in [9.17, 15) is 13.6 Å². The van der Waals surface area contributed by atoms with E-state index in [1.54, 1.807) is 29.2 Å². The summed E-state index contributed by atoms with van der Waals surface area (Å²) in [5, 5.41) is 2.97. The molecule has 4 rings (SSSR count). The molecule has 1 aliphatic carbocycles. The predicted molar refractivity (Wildman–Crippen MR) is 112 cm³/mol. The molecule has 1 N–H and O–H groups in total. The number of hydrogen-bond acceptors (Lipinski definition) is 2. The normalized spacial score (nSPS) is 13.7. The maximum Gasteiger partial charge on any atom is 0.269 e. The molecule has 0 saturated carbocycles. The van der Waals surface area contributed by atoms with Crippen LogP contribution in [0.5, 0.6) is 0 Å². The highest BCUT2D eigenvalue weighted by atomic mass is 19.2. The third-order valence-electron chi connectivity index (χ3n) is 5.39. The molecule has 0 saturated heterocycles. The molecule has 0 fully saturated rings. The standard InChI is InChI=1S/C24H23F2N3O/c25-21-11-8-19(14-22(21)26)18-6-9-20(10-7-18)29-16-27-15-23(29)24(30)28-13-12-17-4-2-1-3-5-17/h4,6-11,14-16H,1-3,5,12-13H2,(H,28,30). The summed E-state index contributed by atoms with van der Waals surface area (Å²) >= 11 is 0. The molecule has 0 atom stereocenters. The zero-order chi connectivity index (χ0) is 20.9. The Balaban J connectivity index is 1.45. The van der Waals surface area contributed by atoms with Gasteiger partial charge in [-0.1, -0.05) is 29.8 Å². The van der Waals surface area contributed by atoms with Gasteiger partial charge in [-0.3, -0.25) is 9.36 Å². The van der Waals surface area contributed by atoms with Crippen molar-refractivity contribution in [3.63, 3.8) is 0 Å². The Morgan fingerprint density at radius 3 is 2.57 bits per heavy atom. The van der Waals surface area contributed by atoms with Gasteiger partial charge in [0.2, 0.25) is 0 Å². The minimum atomic E-state index is -0.880. The zero-order valence-corrected chi connectivity index (χ0v) is 16.6. The van der Waals surface area contributed by atoms with Gasteiger partial charge >= 0.3 is 0 Å². The zero-order valence-electron chi connectivity index (χ0n) is 16.6. The Kier molecular flexibility index (Phi) is 6.02. The number of aromatic nitrogens is 2. The first kappa shape index (κ1) is 20.0. The quantitative estimate of drug-likeness (QED) is 0.553. The molecular weight excluding hydrogens is 384 g/mol. The van der Waals surface area contributed by atoms with Crippen LogP contribution in [-0.4, -0.2) is 22.0 Å². The summed E-state index contributed by atoms with van der Waals surface area (Å²) in [4.78, 5) is 16.7. The van der Waals surface area contributed by atoms with Crippen molar-refractivity contribution in [2.24, 2.45) is 0 Å². The number of nitrogens with zero attached hydrogens (tertiary/aromatic N) is 2. The van der Waals surface area contributed by atoms with Gasteiger partial charge in [0.1, 0.15) is 5.69 Å². The Hall–Kier alpha value is -3.28. The summed E-state index contributed by atoms with van der Waals surface area (Å²) in [6.45, 7) is 0.602. The molecule has 1 aromatic heterocycles. The molecule has 6 heteroatoms. The molecule has 3 aromatic rings. The second-order valence-corrected chi connectivity index (χ2v) is 7.44.